The summed E-state index contributed by atoms with van der Waals surface area (Å²) in [5.74, 6) is 6.15. The van der Waals surface area contributed by atoms with Gasteiger partial charge in [-0.3, -0.25) is 4.90 Å². The number of aliphatic hydroxyl groups excluding tert-OH is 1. The number of nitrogens with zero attached hydrogens (tertiary/aromatic N) is 2. The summed E-state index contributed by atoms with van der Waals surface area (Å²) in [6.45, 7) is 6.94. The number of thiophene rings is 1. The minimum atomic E-state index is -0.104. The zero-order chi connectivity index (χ0) is 14.1. The molecule has 1 N–H and O–H groups in total. The van der Waals surface area contributed by atoms with Crippen LogP contribution in [0.25, 0.3) is 0 Å². The van der Waals surface area contributed by atoms with E-state index in [1.54, 1.807) is 11.3 Å². The molecule has 0 bridgehead atoms. The largest absolute Gasteiger partial charge is 0.384 e. The zero-order valence-electron chi connectivity index (χ0n) is 11.5. The van der Waals surface area contributed by atoms with Crippen LogP contribution in [0.5, 0.6) is 0 Å². The molecule has 1 aromatic heterocycles. The molecule has 102 valence electrons. The van der Waals surface area contributed by atoms with Gasteiger partial charge in [0, 0.05) is 41.9 Å². The summed E-state index contributed by atoms with van der Waals surface area (Å²) in [4.78, 5) is 3.56. The van der Waals surface area contributed by atoms with Crippen LogP contribution in [0.15, 0.2) is 11.4 Å². The molecule has 0 aliphatic heterocycles. The average molecular weight is 276 g/mol. The van der Waals surface area contributed by atoms with Gasteiger partial charge in [-0.25, -0.2) is 0 Å². The molecule has 4 heteroatoms. The minimum Gasteiger partial charge on any atom is -0.384 e. The average Bonchev–Trinajstić information content (AvgIpc) is 2.80. The maximum absolute atomic E-state index is 8.70. The summed E-state index contributed by atoms with van der Waals surface area (Å²) in [5, 5.41) is 19.4. The summed E-state index contributed by atoms with van der Waals surface area (Å²) in [6, 6.07) is 4.26. The van der Waals surface area contributed by atoms with Gasteiger partial charge in [0.1, 0.15) is 6.61 Å². The maximum atomic E-state index is 8.70. The van der Waals surface area contributed by atoms with E-state index in [9.17, 15) is 0 Å². The molecule has 0 spiro atoms. The van der Waals surface area contributed by atoms with Gasteiger partial charge in [0.25, 0.3) is 0 Å². The number of hydrogen-bond acceptors (Lipinski definition) is 4. The predicted octanol–water partition coefficient (Wildman–Crippen LogP) is 2.46. The van der Waals surface area contributed by atoms with Crippen molar-refractivity contribution in [2.24, 2.45) is 5.92 Å². The number of rotatable bonds is 6. The van der Waals surface area contributed by atoms with Crippen LogP contribution in [0.1, 0.15) is 30.7 Å². The van der Waals surface area contributed by atoms with Crippen molar-refractivity contribution >= 4 is 11.3 Å². The summed E-state index contributed by atoms with van der Waals surface area (Å²) in [6.07, 6.45) is 0.565. The Labute approximate surface area is 119 Å². The van der Waals surface area contributed by atoms with Crippen LogP contribution in [-0.4, -0.2) is 29.7 Å². The van der Waals surface area contributed by atoms with Crippen LogP contribution in [0.2, 0.25) is 0 Å². The first kappa shape index (κ1) is 15.7. The maximum Gasteiger partial charge on any atom is 0.104 e. The molecule has 0 aliphatic rings. The molecule has 19 heavy (non-hydrogen) atoms. The molecule has 0 unspecified atom stereocenters. The van der Waals surface area contributed by atoms with E-state index >= 15 is 0 Å². The third-order valence-corrected chi connectivity index (χ3v) is 3.43. The van der Waals surface area contributed by atoms with Crippen LogP contribution in [-0.2, 0) is 6.54 Å². The van der Waals surface area contributed by atoms with Crippen molar-refractivity contribution in [3.63, 3.8) is 0 Å². The molecule has 0 radical (unpaired) electrons. The van der Waals surface area contributed by atoms with Crippen LogP contribution in [0, 0.1) is 29.1 Å². The van der Waals surface area contributed by atoms with Crippen molar-refractivity contribution in [1.82, 2.24) is 4.90 Å². The molecule has 0 aromatic carbocycles. The molecule has 1 heterocycles. The van der Waals surface area contributed by atoms with E-state index in [4.69, 9.17) is 10.4 Å². The van der Waals surface area contributed by atoms with Crippen molar-refractivity contribution in [2.75, 3.05) is 19.7 Å². The van der Waals surface area contributed by atoms with E-state index in [1.165, 1.54) is 4.88 Å². The fourth-order valence-corrected chi connectivity index (χ4v) is 2.71. The minimum absolute atomic E-state index is 0.104. The SMILES string of the molecule is CC(C)CN(CCC#N)Cc1cc(C#CCO)cs1. The van der Waals surface area contributed by atoms with Gasteiger partial charge in [0.05, 0.1) is 6.07 Å². The smallest absolute Gasteiger partial charge is 0.104 e. The van der Waals surface area contributed by atoms with E-state index in [-0.39, 0.29) is 6.61 Å². The number of nitriles is 1. The monoisotopic (exact) mass is 276 g/mol. The van der Waals surface area contributed by atoms with Gasteiger partial charge in [-0.2, -0.15) is 5.26 Å². The third-order valence-electron chi connectivity index (χ3n) is 2.51. The highest BCUT2D eigenvalue weighted by Gasteiger charge is 2.09. The third kappa shape index (κ3) is 6.40. The lowest BCUT2D eigenvalue weighted by Crippen LogP contribution is -2.27. The second-order valence-corrected chi connectivity index (χ2v) is 5.79. The van der Waals surface area contributed by atoms with E-state index in [1.807, 2.05) is 5.38 Å². The van der Waals surface area contributed by atoms with Gasteiger partial charge < -0.3 is 5.11 Å². The van der Waals surface area contributed by atoms with Crippen LogP contribution >= 0.6 is 11.3 Å². The van der Waals surface area contributed by atoms with Crippen molar-refractivity contribution in [2.45, 2.75) is 26.8 Å². The van der Waals surface area contributed by atoms with E-state index in [0.717, 1.165) is 25.2 Å². The second kappa shape index (κ2) is 8.72. The van der Waals surface area contributed by atoms with E-state index < -0.39 is 0 Å². The fourth-order valence-electron chi connectivity index (χ4n) is 1.85. The lowest BCUT2D eigenvalue weighted by molar-refractivity contribution is 0.243. The number of aliphatic hydroxyl groups is 1. The highest BCUT2D eigenvalue weighted by molar-refractivity contribution is 7.10. The quantitative estimate of drug-likeness (QED) is 0.812. The summed E-state index contributed by atoms with van der Waals surface area (Å²) < 4.78 is 0. The topological polar surface area (TPSA) is 47.3 Å². The van der Waals surface area contributed by atoms with Gasteiger partial charge in [0.2, 0.25) is 0 Å². The van der Waals surface area contributed by atoms with Crippen molar-refractivity contribution in [1.29, 1.82) is 5.26 Å². The lowest BCUT2D eigenvalue weighted by atomic mass is 10.2. The van der Waals surface area contributed by atoms with Crippen LogP contribution < -0.4 is 0 Å². The Balaban J connectivity index is 2.62. The molecule has 1 aromatic rings. The highest BCUT2D eigenvalue weighted by atomic mass is 32.1. The summed E-state index contributed by atoms with van der Waals surface area (Å²) in [7, 11) is 0. The van der Waals surface area contributed by atoms with Crippen LogP contribution in [0.4, 0.5) is 0 Å². The van der Waals surface area contributed by atoms with Gasteiger partial charge in [-0.15, -0.1) is 11.3 Å². The fraction of sp³-hybridized carbons (Fsp3) is 0.533. The Kier molecular flexibility index (Phi) is 7.22. The van der Waals surface area contributed by atoms with Gasteiger partial charge >= 0.3 is 0 Å². The van der Waals surface area contributed by atoms with Crippen molar-refractivity contribution in [3.8, 4) is 17.9 Å². The predicted molar refractivity (Wildman–Crippen MR) is 78.6 cm³/mol. The molecule has 0 amide bonds. The Morgan fingerprint density at radius 2 is 2.26 bits per heavy atom. The normalized spacial score (nSPS) is 10.3. The molecule has 0 atom stereocenters. The first-order valence-electron chi connectivity index (χ1n) is 6.42. The molecule has 0 fully saturated rings. The molecule has 0 saturated carbocycles. The second-order valence-electron chi connectivity index (χ2n) is 4.80. The summed E-state index contributed by atoms with van der Waals surface area (Å²) >= 11 is 1.68. The Morgan fingerprint density at radius 3 is 2.89 bits per heavy atom. The van der Waals surface area contributed by atoms with E-state index in [2.05, 4.69) is 42.7 Å². The molecule has 3 nitrogen and oxygen atoms in total. The van der Waals surface area contributed by atoms with Gasteiger partial charge in [-0.05, 0) is 12.0 Å². The number of hydrogen-bond donors (Lipinski definition) is 1. The molecular formula is C15H20N2OS. The van der Waals surface area contributed by atoms with E-state index in [0.29, 0.717) is 12.3 Å². The first-order chi connectivity index (χ1) is 9.15. The van der Waals surface area contributed by atoms with Gasteiger partial charge in [0.15, 0.2) is 0 Å². The Bertz CT molecular complexity index is 476. The van der Waals surface area contributed by atoms with Crippen molar-refractivity contribution < 1.29 is 5.11 Å². The molecule has 1 rings (SSSR count). The summed E-state index contributed by atoms with van der Waals surface area (Å²) in [5.41, 5.74) is 0.957. The lowest BCUT2D eigenvalue weighted by Gasteiger charge is -2.22. The molecule has 0 saturated heterocycles. The Hall–Kier alpha value is -1.33. The van der Waals surface area contributed by atoms with Gasteiger partial charge in [-0.1, -0.05) is 25.7 Å². The molecule has 0 aliphatic carbocycles. The Morgan fingerprint density at radius 1 is 1.47 bits per heavy atom. The van der Waals surface area contributed by atoms with Crippen molar-refractivity contribution in [3.05, 3.63) is 21.9 Å². The standard InChI is InChI=1S/C15H20N2OS/c1-13(2)10-17(7-4-6-16)11-15-9-14(12-19-15)5-3-8-18/h9,12-13,18H,4,7-8,10-11H2,1-2H3. The molecular weight excluding hydrogens is 256 g/mol. The first-order valence-corrected chi connectivity index (χ1v) is 7.30. The zero-order valence-corrected chi connectivity index (χ0v) is 12.3. The van der Waals surface area contributed by atoms with Crippen LogP contribution in [0.3, 0.4) is 0 Å². The highest BCUT2D eigenvalue weighted by Crippen LogP contribution is 2.17.